The second-order valence-corrected chi connectivity index (χ2v) is 6.86. The highest BCUT2D eigenvalue weighted by Gasteiger charge is 2.20. The molecule has 2 rings (SSSR count). The zero-order valence-corrected chi connectivity index (χ0v) is 12.9. The minimum absolute atomic E-state index is 0.0245. The predicted octanol–water partition coefficient (Wildman–Crippen LogP) is 1.81. The molecule has 1 unspecified atom stereocenters. The van der Waals surface area contributed by atoms with E-state index in [9.17, 15) is 9.00 Å². The number of amides is 1. The zero-order valence-electron chi connectivity index (χ0n) is 12.1. The van der Waals surface area contributed by atoms with Crippen LogP contribution in [0.1, 0.15) is 24.0 Å². The fourth-order valence-corrected chi connectivity index (χ4v) is 2.85. The number of nitrogens with one attached hydrogen (secondary N) is 2. The maximum atomic E-state index is 11.9. The van der Waals surface area contributed by atoms with Gasteiger partial charge in [0, 0.05) is 28.5 Å². The van der Waals surface area contributed by atoms with E-state index >= 15 is 0 Å². The van der Waals surface area contributed by atoms with Crippen molar-refractivity contribution >= 4 is 22.4 Å². The van der Waals surface area contributed by atoms with Crippen LogP contribution in [-0.4, -0.2) is 29.5 Å². The minimum atomic E-state index is -0.876. The minimum Gasteiger partial charge on any atom is -0.325 e. The molecule has 20 heavy (non-hydrogen) atoms. The predicted molar refractivity (Wildman–Crippen MR) is 83.2 cm³/mol. The number of carbonyl (C=O) groups excluding carboxylic acids is 1. The zero-order chi connectivity index (χ0) is 14.5. The van der Waals surface area contributed by atoms with Crippen LogP contribution in [-0.2, 0) is 21.3 Å². The van der Waals surface area contributed by atoms with Gasteiger partial charge in [0.25, 0.3) is 0 Å². The largest absolute Gasteiger partial charge is 0.325 e. The Morgan fingerprint density at radius 1 is 1.40 bits per heavy atom. The van der Waals surface area contributed by atoms with Crippen molar-refractivity contribution in [2.75, 3.05) is 24.7 Å². The molecular weight excluding hydrogens is 272 g/mol. The van der Waals surface area contributed by atoms with E-state index in [0.717, 1.165) is 29.3 Å². The Morgan fingerprint density at radius 2 is 2.15 bits per heavy atom. The van der Waals surface area contributed by atoms with E-state index in [-0.39, 0.29) is 5.91 Å². The molecule has 0 spiro atoms. The number of benzene rings is 1. The first-order valence-corrected chi connectivity index (χ1v) is 8.68. The van der Waals surface area contributed by atoms with E-state index in [1.807, 2.05) is 25.1 Å². The number of carbonyl (C=O) groups is 1. The van der Waals surface area contributed by atoms with Gasteiger partial charge in [-0.3, -0.25) is 9.00 Å². The van der Waals surface area contributed by atoms with Gasteiger partial charge in [-0.2, -0.15) is 0 Å². The van der Waals surface area contributed by atoms with Crippen LogP contribution in [0.25, 0.3) is 0 Å². The number of hydrogen-bond donors (Lipinski definition) is 2. The molecule has 4 nitrogen and oxygen atoms in total. The van der Waals surface area contributed by atoms with E-state index in [0.29, 0.717) is 12.3 Å². The molecule has 1 aliphatic carbocycles. The van der Waals surface area contributed by atoms with Crippen LogP contribution in [0.2, 0.25) is 0 Å². The van der Waals surface area contributed by atoms with Crippen LogP contribution in [0.15, 0.2) is 18.2 Å². The Hall–Kier alpha value is -1.20. The van der Waals surface area contributed by atoms with Gasteiger partial charge in [-0.1, -0.05) is 12.1 Å². The summed E-state index contributed by atoms with van der Waals surface area (Å²) in [4.78, 5) is 11.9. The summed E-state index contributed by atoms with van der Waals surface area (Å²) in [5, 5.41) is 6.09. The monoisotopic (exact) mass is 294 g/mol. The quantitative estimate of drug-likeness (QED) is 0.806. The molecule has 5 heteroatoms. The molecule has 0 saturated heterocycles. The molecule has 0 radical (unpaired) electrons. The lowest BCUT2D eigenvalue weighted by molar-refractivity contribution is -0.115. The van der Waals surface area contributed by atoms with Crippen molar-refractivity contribution in [1.29, 1.82) is 0 Å². The van der Waals surface area contributed by atoms with Crippen molar-refractivity contribution in [2.45, 2.75) is 25.5 Å². The van der Waals surface area contributed by atoms with Crippen LogP contribution in [0.5, 0.6) is 0 Å². The van der Waals surface area contributed by atoms with Crippen molar-refractivity contribution in [3.8, 4) is 0 Å². The Labute approximate surface area is 122 Å². The van der Waals surface area contributed by atoms with Crippen LogP contribution in [0, 0.1) is 12.8 Å². The summed E-state index contributed by atoms with van der Waals surface area (Å²) >= 11 is 0. The first kappa shape index (κ1) is 15.2. The average Bonchev–Trinajstić information content (AvgIpc) is 3.18. The van der Waals surface area contributed by atoms with E-state index in [1.165, 1.54) is 12.8 Å². The second-order valence-electron chi connectivity index (χ2n) is 5.43. The molecule has 1 aromatic rings. The summed E-state index contributed by atoms with van der Waals surface area (Å²) < 4.78 is 11.3. The van der Waals surface area contributed by atoms with Crippen LogP contribution in [0.4, 0.5) is 5.69 Å². The Balaban J connectivity index is 1.90. The molecule has 1 amide bonds. The lowest BCUT2D eigenvalue weighted by Gasteiger charge is -2.12. The summed E-state index contributed by atoms with van der Waals surface area (Å²) in [6, 6.07) is 5.73. The molecule has 0 aromatic heterocycles. The van der Waals surface area contributed by atoms with Gasteiger partial charge in [-0.05, 0) is 49.4 Å². The molecule has 0 heterocycles. The Bertz CT molecular complexity index is 513. The summed E-state index contributed by atoms with van der Waals surface area (Å²) in [6.07, 6.45) is 4.25. The Kier molecular flexibility index (Phi) is 5.31. The number of anilines is 1. The molecule has 1 fully saturated rings. The fraction of sp³-hybridized carbons (Fsp3) is 0.533. The van der Waals surface area contributed by atoms with Crippen molar-refractivity contribution in [3.05, 3.63) is 29.3 Å². The third-order valence-electron chi connectivity index (χ3n) is 3.49. The molecular formula is C15H22N2O2S. The SMILES string of the molecule is Cc1c(CS(C)=O)cccc1NC(=O)CNCC1CC1. The second kappa shape index (κ2) is 6.99. The highest BCUT2D eigenvalue weighted by molar-refractivity contribution is 7.83. The van der Waals surface area contributed by atoms with Gasteiger partial charge in [-0.25, -0.2) is 0 Å². The lowest BCUT2D eigenvalue weighted by atomic mass is 10.1. The third-order valence-corrected chi connectivity index (χ3v) is 4.21. The topological polar surface area (TPSA) is 58.2 Å². The van der Waals surface area contributed by atoms with E-state index in [4.69, 9.17) is 0 Å². The maximum Gasteiger partial charge on any atom is 0.238 e. The summed E-state index contributed by atoms with van der Waals surface area (Å²) in [5.41, 5.74) is 2.83. The molecule has 1 saturated carbocycles. The lowest BCUT2D eigenvalue weighted by Crippen LogP contribution is -2.29. The Morgan fingerprint density at radius 3 is 2.80 bits per heavy atom. The number of rotatable bonds is 7. The standard InChI is InChI=1S/C15H22N2O2S/c1-11-13(10-20(2)19)4-3-5-14(11)17-15(18)9-16-8-12-6-7-12/h3-5,12,16H,6-10H2,1-2H3,(H,17,18). The summed E-state index contributed by atoms with van der Waals surface area (Å²) in [7, 11) is -0.876. The van der Waals surface area contributed by atoms with E-state index in [1.54, 1.807) is 6.26 Å². The van der Waals surface area contributed by atoms with Gasteiger partial charge in [-0.15, -0.1) is 0 Å². The van der Waals surface area contributed by atoms with Crippen molar-refractivity contribution in [1.82, 2.24) is 5.32 Å². The first-order chi connectivity index (χ1) is 9.56. The number of hydrogen-bond acceptors (Lipinski definition) is 3. The van der Waals surface area contributed by atoms with Gasteiger partial charge >= 0.3 is 0 Å². The van der Waals surface area contributed by atoms with Gasteiger partial charge in [0.15, 0.2) is 0 Å². The first-order valence-electron chi connectivity index (χ1n) is 6.95. The fourth-order valence-electron chi connectivity index (χ4n) is 2.10. The molecule has 1 atom stereocenters. The molecule has 1 aliphatic rings. The average molecular weight is 294 g/mol. The normalized spacial score (nSPS) is 15.9. The van der Waals surface area contributed by atoms with Crippen LogP contribution >= 0.6 is 0 Å². The molecule has 2 N–H and O–H groups in total. The van der Waals surface area contributed by atoms with Crippen LogP contribution in [0.3, 0.4) is 0 Å². The van der Waals surface area contributed by atoms with Gasteiger partial charge < -0.3 is 10.6 Å². The highest BCUT2D eigenvalue weighted by atomic mass is 32.2. The van der Waals surface area contributed by atoms with E-state index < -0.39 is 10.8 Å². The summed E-state index contributed by atoms with van der Waals surface area (Å²) in [6.45, 7) is 3.23. The van der Waals surface area contributed by atoms with Gasteiger partial charge in [0.05, 0.1) is 6.54 Å². The van der Waals surface area contributed by atoms with Gasteiger partial charge in [0.1, 0.15) is 0 Å². The molecule has 0 bridgehead atoms. The van der Waals surface area contributed by atoms with Gasteiger partial charge in [0.2, 0.25) is 5.91 Å². The highest BCUT2D eigenvalue weighted by Crippen LogP contribution is 2.27. The molecule has 0 aliphatic heterocycles. The maximum absolute atomic E-state index is 11.9. The van der Waals surface area contributed by atoms with E-state index in [2.05, 4.69) is 10.6 Å². The van der Waals surface area contributed by atoms with Crippen LogP contribution < -0.4 is 10.6 Å². The summed E-state index contributed by atoms with van der Waals surface area (Å²) in [5.74, 6) is 1.27. The smallest absolute Gasteiger partial charge is 0.238 e. The van der Waals surface area contributed by atoms with Crippen molar-refractivity contribution in [2.24, 2.45) is 5.92 Å². The molecule has 1 aromatic carbocycles. The third kappa shape index (κ3) is 4.72. The van der Waals surface area contributed by atoms with Crippen molar-refractivity contribution < 1.29 is 9.00 Å². The van der Waals surface area contributed by atoms with Crippen molar-refractivity contribution in [3.63, 3.8) is 0 Å². The molecule has 110 valence electrons.